The number of nitrogens with two attached hydrogens (primary N) is 1. The molecule has 0 aliphatic carbocycles. The molecule has 0 unspecified atom stereocenters. The molecule has 0 spiro atoms. The van der Waals surface area contributed by atoms with Crippen molar-refractivity contribution in [2.75, 3.05) is 43.2 Å². The molecule has 118 valence electrons. The van der Waals surface area contributed by atoms with Crippen LogP contribution in [0.3, 0.4) is 0 Å². The quantitative estimate of drug-likeness (QED) is 0.857. The summed E-state index contributed by atoms with van der Waals surface area (Å²) in [6, 6.07) is 0. The van der Waals surface area contributed by atoms with E-state index in [1.807, 2.05) is 11.8 Å². The normalized spacial score (nSPS) is 17.6. The fraction of sp³-hybridized carbons (Fsp3) is 0.643. The molecule has 0 radical (unpaired) electrons. The molecule has 1 fully saturated rings. The Balaban J connectivity index is 2.35. The predicted octanol–water partition coefficient (Wildman–Crippen LogP) is 2.85. The summed E-state index contributed by atoms with van der Waals surface area (Å²) in [6.45, 7) is 8.38. The van der Waals surface area contributed by atoms with E-state index in [0.717, 1.165) is 23.8 Å². The molecule has 1 aliphatic rings. The first-order chi connectivity index (χ1) is 9.89. The average molecular weight is 330 g/mol. The van der Waals surface area contributed by atoms with Crippen LogP contribution >= 0.6 is 23.1 Å². The summed E-state index contributed by atoms with van der Waals surface area (Å²) in [5.74, 6) is 1.25. The summed E-state index contributed by atoms with van der Waals surface area (Å²) < 4.78 is 10.7. The molecule has 21 heavy (non-hydrogen) atoms. The van der Waals surface area contributed by atoms with E-state index in [9.17, 15) is 4.79 Å². The van der Waals surface area contributed by atoms with E-state index in [0.29, 0.717) is 22.9 Å². The van der Waals surface area contributed by atoms with Crippen LogP contribution < -0.4 is 15.4 Å². The summed E-state index contributed by atoms with van der Waals surface area (Å²) in [5.41, 5.74) is 6.45. The number of anilines is 2. The van der Waals surface area contributed by atoms with Gasteiger partial charge in [-0.05, 0) is 20.8 Å². The molecule has 0 aromatic carbocycles. The highest BCUT2D eigenvalue weighted by Crippen LogP contribution is 2.47. The van der Waals surface area contributed by atoms with E-state index in [1.165, 1.54) is 11.3 Å². The minimum Gasteiger partial charge on any atom is -0.492 e. The van der Waals surface area contributed by atoms with Crippen LogP contribution in [0.15, 0.2) is 0 Å². The molecular formula is C14H22N2O3S2. The summed E-state index contributed by atoms with van der Waals surface area (Å²) in [4.78, 5) is 14.7. The molecule has 1 aliphatic heterocycles. The predicted molar refractivity (Wildman–Crippen MR) is 90.0 cm³/mol. The maximum Gasteiger partial charge on any atom is 0.350 e. The minimum absolute atomic E-state index is 0.173. The maximum absolute atomic E-state index is 12.0. The van der Waals surface area contributed by atoms with Gasteiger partial charge in [-0.1, -0.05) is 0 Å². The van der Waals surface area contributed by atoms with Gasteiger partial charge in [-0.3, -0.25) is 0 Å². The lowest BCUT2D eigenvalue weighted by atomic mass is 10.2. The third kappa shape index (κ3) is 3.40. The highest BCUT2D eigenvalue weighted by Gasteiger charge is 2.32. The maximum atomic E-state index is 12.0. The highest BCUT2D eigenvalue weighted by molar-refractivity contribution is 8.00. The molecule has 0 amide bonds. The van der Waals surface area contributed by atoms with Crippen molar-refractivity contribution >= 4 is 39.8 Å². The Morgan fingerprint density at radius 3 is 2.76 bits per heavy atom. The average Bonchev–Trinajstić information content (AvgIpc) is 2.75. The summed E-state index contributed by atoms with van der Waals surface area (Å²) in [7, 11) is 1.58. The van der Waals surface area contributed by atoms with E-state index in [2.05, 4.69) is 18.7 Å². The second-order valence-electron chi connectivity index (χ2n) is 5.43. The van der Waals surface area contributed by atoms with Gasteiger partial charge in [0.05, 0.1) is 13.7 Å². The monoisotopic (exact) mass is 330 g/mol. The number of methoxy groups -OCH3 is 1. The summed E-state index contributed by atoms with van der Waals surface area (Å²) in [6.07, 6.45) is 0. The second-order valence-corrected chi connectivity index (χ2v) is 8.23. The molecular weight excluding hydrogens is 308 g/mol. The van der Waals surface area contributed by atoms with Gasteiger partial charge >= 0.3 is 5.97 Å². The van der Waals surface area contributed by atoms with Gasteiger partial charge in [0.15, 0.2) is 5.75 Å². The Morgan fingerprint density at radius 2 is 2.19 bits per heavy atom. The van der Waals surface area contributed by atoms with E-state index >= 15 is 0 Å². The van der Waals surface area contributed by atoms with Crippen LogP contribution in [-0.2, 0) is 4.74 Å². The highest BCUT2D eigenvalue weighted by atomic mass is 32.2. The molecule has 5 nitrogen and oxygen atoms in total. The van der Waals surface area contributed by atoms with E-state index in [1.54, 1.807) is 14.0 Å². The second kappa shape index (κ2) is 6.36. The Morgan fingerprint density at radius 1 is 1.48 bits per heavy atom. The fourth-order valence-electron chi connectivity index (χ4n) is 2.36. The molecule has 2 rings (SSSR count). The van der Waals surface area contributed by atoms with Gasteiger partial charge in [-0.25, -0.2) is 4.79 Å². The van der Waals surface area contributed by atoms with Crippen LogP contribution in [0.2, 0.25) is 0 Å². The van der Waals surface area contributed by atoms with Gasteiger partial charge in [0.2, 0.25) is 0 Å². The number of carbonyl (C=O) groups excluding carboxylic acids is 1. The molecule has 0 bridgehead atoms. The number of carbonyl (C=O) groups is 1. The van der Waals surface area contributed by atoms with Crippen LogP contribution in [0.25, 0.3) is 0 Å². The Hall–Kier alpha value is -1.08. The molecule has 0 saturated carbocycles. The van der Waals surface area contributed by atoms with E-state index < -0.39 is 0 Å². The first-order valence-corrected chi connectivity index (χ1v) is 8.72. The first kappa shape index (κ1) is 16.3. The number of nitrogens with zero attached hydrogens (tertiary/aromatic N) is 1. The number of rotatable bonds is 4. The SMILES string of the molecule is CCOC(=O)c1sc(N2CCSC(C)(C)C2)c(OC)c1N. The summed E-state index contributed by atoms with van der Waals surface area (Å²) in [5, 5.41) is 0.923. The van der Waals surface area contributed by atoms with E-state index in [-0.39, 0.29) is 10.7 Å². The minimum atomic E-state index is -0.379. The fourth-order valence-corrected chi connectivity index (χ4v) is 4.58. The molecule has 0 atom stereocenters. The van der Waals surface area contributed by atoms with Gasteiger partial charge in [0.25, 0.3) is 0 Å². The van der Waals surface area contributed by atoms with Crippen molar-refractivity contribution in [1.82, 2.24) is 0 Å². The van der Waals surface area contributed by atoms with Crippen LogP contribution in [0.1, 0.15) is 30.4 Å². The van der Waals surface area contributed by atoms with Crippen molar-refractivity contribution in [3.63, 3.8) is 0 Å². The molecule has 1 aromatic rings. The number of thioether (sulfide) groups is 1. The van der Waals surface area contributed by atoms with Gasteiger partial charge in [0, 0.05) is 23.6 Å². The smallest absolute Gasteiger partial charge is 0.350 e. The standard InChI is InChI=1S/C14H22N2O3S2/c1-5-19-13(17)11-9(15)10(18-4)12(21-11)16-6-7-20-14(2,3)8-16/h5-8,15H2,1-4H3. The zero-order valence-electron chi connectivity index (χ0n) is 12.9. The lowest BCUT2D eigenvalue weighted by Crippen LogP contribution is -2.42. The van der Waals surface area contributed by atoms with Crippen molar-refractivity contribution in [1.29, 1.82) is 0 Å². The largest absolute Gasteiger partial charge is 0.492 e. The van der Waals surface area contributed by atoms with Crippen LogP contribution in [0.4, 0.5) is 10.7 Å². The zero-order chi connectivity index (χ0) is 15.6. The number of thiophene rings is 1. The van der Waals surface area contributed by atoms with Crippen molar-refractivity contribution in [2.45, 2.75) is 25.5 Å². The molecule has 2 heterocycles. The number of nitrogen functional groups attached to an aromatic ring is 1. The third-order valence-electron chi connectivity index (χ3n) is 3.26. The summed E-state index contributed by atoms with van der Waals surface area (Å²) >= 11 is 3.32. The molecule has 2 N–H and O–H groups in total. The molecule has 1 aromatic heterocycles. The topological polar surface area (TPSA) is 64.8 Å². The van der Waals surface area contributed by atoms with Crippen LogP contribution in [-0.4, -0.2) is 43.3 Å². The van der Waals surface area contributed by atoms with Gasteiger partial charge < -0.3 is 20.1 Å². The number of hydrogen-bond acceptors (Lipinski definition) is 7. The van der Waals surface area contributed by atoms with Crippen LogP contribution in [0.5, 0.6) is 5.75 Å². The van der Waals surface area contributed by atoms with Crippen molar-refractivity contribution in [3.05, 3.63) is 4.88 Å². The first-order valence-electron chi connectivity index (χ1n) is 6.92. The zero-order valence-corrected chi connectivity index (χ0v) is 14.5. The Bertz CT molecular complexity index is 529. The van der Waals surface area contributed by atoms with Crippen molar-refractivity contribution in [3.8, 4) is 5.75 Å². The Kier molecular flexibility index (Phi) is 4.93. The van der Waals surface area contributed by atoms with E-state index in [4.69, 9.17) is 15.2 Å². The van der Waals surface area contributed by atoms with Gasteiger partial charge in [0.1, 0.15) is 15.6 Å². The van der Waals surface area contributed by atoms with Crippen molar-refractivity contribution in [2.24, 2.45) is 0 Å². The van der Waals surface area contributed by atoms with Crippen molar-refractivity contribution < 1.29 is 14.3 Å². The number of esters is 1. The number of ether oxygens (including phenoxy) is 2. The third-order valence-corrected chi connectivity index (χ3v) is 5.78. The Labute approximate surface area is 133 Å². The number of hydrogen-bond donors (Lipinski definition) is 1. The lowest BCUT2D eigenvalue weighted by molar-refractivity contribution is 0.0533. The molecule has 1 saturated heterocycles. The lowest BCUT2D eigenvalue weighted by Gasteiger charge is -2.38. The molecule has 7 heteroatoms. The van der Waals surface area contributed by atoms with Crippen LogP contribution in [0, 0.1) is 0 Å². The van der Waals surface area contributed by atoms with Gasteiger partial charge in [-0.15, -0.1) is 11.3 Å². The van der Waals surface area contributed by atoms with Gasteiger partial charge in [-0.2, -0.15) is 11.8 Å².